The number of ether oxygens (including phenoxy) is 1. The lowest BCUT2D eigenvalue weighted by atomic mass is 10.2. The van der Waals surface area contributed by atoms with Crippen LogP contribution in [0.3, 0.4) is 0 Å². The van der Waals surface area contributed by atoms with E-state index in [1.165, 1.54) is 12.7 Å². The third kappa shape index (κ3) is 3.74. The van der Waals surface area contributed by atoms with Crippen LogP contribution in [0, 0.1) is 5.82 Å². The number of nitrogens with one attached hydrogen (secondary N) is 1. The molecule has 0 radical (unpaired) electrons. The van der Waals surface area contributed by atoms with Gasteiger partial charge in [0.2, 0.25) is 0 Å². The van der Waals surface area contributed by atoms with Crippen LogP contribution in [0.25, 0.3) is 0 Å². The van der Waals surface area contributed by atoms with Gasteiger partial charge >= 0.3 is 0 Å². The van der Waals surface area contributed by atoms with Crippen molar-refractivity contribution in [2.24, 2.45) is 0 Å². The van der Waals surface area contributed by atoms with E-state index in [1.807, 2.05) is 13.1 Å². The Morgan fingerprint density at radius 2 is 1.90 bits per heavy atom. The summed E-state index contributed by atoms with van der Waals surface area (Å²) in [6, 6.07) is 13.5. The highest BCUT2D eigenvalue weighted by Crippen LogP contribution is 2.27. The molecule has 0 heterocycles. The Balaban J connectivity index is 2.01. The number of hydrogen-bond acceptors (Lipinski definition) is 3. The maximum absolute atomic E-state index is 14.0. The summed E-state index contributed by atoms with van der Waals surface area (Å²) in [7, 11) is 3.41. The zero-order valence-electron chi connectivity index (χ0n) is 11.7. The highest BCUT2D eigenvalue weighted by Gasteiger charge is 2.08. The van der Waals surface area contributed by atoms with Crippen LogP contribution in [0.1, 0.15) is 11.1 Å². The van der Waals surface area contributed by atoms with E-state index in [4.69, 9.17) is 4.74 Å². The summed E-state index contributed by atoms with van der Waals surface area (Å²) in [4.78, 5) is 1.13. The van der Waals surface area contributed by atoms with E-state index in [2.05, 4.69) is 29.6 Å². The van der Waals surface area contributed by atoms with Gasteiger partial charge in [0.05, 0.1) is 7.11 Å². The number of benzene rings is 2. The van der Waals surface area contributed by atoms with Gasteiger partial charge in [-0.1, -0.05) is 24.3 Å². The molecule has 0 aromatic heterocycles. The lowest BCUT2D eigenvalue weighted by Crippen LogP contribution is -2.04. The molecule has 2 aromatic rings. The van der Waals surface area contributed by atoms with Crippen molar-refractivity contribution in [2.75, 3.05) is 14.2 Å². The SMILES string of the molecule is CNCc1ccc(SCc2cccc(OC)c2F)cc1. The Morgan fingerprint density at radius 3 is 2.55 bits per heavy atom. The second-order valence-electron chi connectivity index (χ2n) is 4.40. The molecule has 0 aliphatic carbocycles. The predicted molar refractivity (Wildman–Crippen MR) is 81.7 cm³/mol. The molecule has 0 spiro atoms. The molecule has 2 nitrogen and oxygen atoms in total. The molecule has 20 heavy (non-hydrogen) atoms. The number of rotatable bonds is 6. The Bertz CT molecular complexity index is 557. The fourth-order valence-corrected chi connectivity index (χ4v) is 2.77. The molecule has 106 valence electrons. The number of halogens is 1. The molecule has 0 saturated carbocycles. The lowest BCUT2D eigenvalue weighted by Gasteiger charge is -2.07. The summed E-state index contributed by atoms with van der Waals surface area (Å²) in [5.74, 6) is 0.621. The third-order valence-electron chi connectivity index (χ3n) is 2.96. The number of hydrogen-bond donors (Lipinski definition) is 1. The quantitative estimate of drug-likeness (QED) is 0.817. The molecule has 0 saturated heterocycles. The largest absolute Gasteiger partial charge is 0.494 e. The van der Waals surface area contributed by atoms with Gasteiger partial charge in [-0.25, -0.2) is 4.39 Å². The normalized spacial score (nSPS) is 10.6. The molecule has 2 aromatic carbocycles. The van der Waals surface area contributed by atoms with Gasteiger partial charge in [-0.3, -0.25) is 0 Å². The van der Waals surface area contributed by atoms with Gasteiger partial charge in [-0.15, -0.1) is 11.8 Å². The summed E-state index contributed by atoms with van der Waals surface area (Å²) < 4.78 is 19.0. The van der Waals surface area contributed by atoms with Crippen molar-refractivity contribution in [3.8, 4) is 5.75 Å². The highest BCUT2D eigenvalue weighted by molar-refractivity contribution is 7.98. The highest BCUT2D eigenvalue weighted by atomic mass is 32.2. The molecule has 0 aliphatic rings. The number of methoxy groups -OCH3 is 1. The van der Waals surface area contributed by atoms with E-state index >= 15 is 0 Å². The minimum atomic E-state index is -0.269. The van der Waals surface area contributed by atoms with Gasteiger partial charge in [0.25, 0.3) is 0 Å². The smallest absolute Gasteiger partial charge is 0.169 e. The van der Waals surface area contributed by atoms with E-state index in [-0.39, 0.29) is 5.82 Å². The van der Waals surface area contributed by atoms with Crippen molar-refractivity contribution < 1.29 is 9.13 Å². The van der Waals surface area contributed by atoms with E-state index < -0.39 is 0 Å². The van der Waals surface area contributed by atoms with Gasteiger partial charge in [-0.05, 0) is 30.8 Å². The molecule has 4 heteroatoms. The van der Waals surface area contributed by atoms with Gasteiger partial charge in [0.1, 0.15) is 0 Å². The maximum Gasteiger partial charge on any atom is 0.169 e. The molecule has 1 N–H and O–H groups in total. The first-order valence-corrected chi connectivity index (χ1v) is 7.41. The summed E-state index contributed by atoms with van der Waals surface area (Å²) >= 11 is 1.62. The Kier molecular flexibility index (Phi) is 5.44. The second kappa shape index (κ2) is 7.31. The summed E-state index contributed by atoms with van der Waals surface area (Å²) in [6.07, 6.45) is 0. The Hall–Kier alpha value is -1.52. The molecule has 0 aliphatic heterocycles. The van der Waals surface area contributed by atoms with Gasteiger partial charge in [0.15, 0.2) is 11.6 Å². The summed E-state index contributed by atoms with van der Waals surface area (Å²) in [5, 5.41) is 3.11. The molecule has 0 atom stereocenters. The monoisotopic (exact) mass is 291 g/mol. The van der Waals surface area contributed by atoms with Gasteiger partial charge < -0.3 is 10.1 Å². The van der Waals surface area contributed by atoms with Crippen molar-refractivity contribution in [1.82, 2.24) is 5.32 Å². The number of thioether (sulfide) groups is 1. The topological polar surface area (TPSA) is 21.3 Å². The Morgan fingerprint density at radius 1 is 1.15 bits per heavy atom. The first kappa shape index (κ1) is 14.9. The fourth-order valence-electron chi connectivity index (χ4n) is 1.89. The van der Waals surface area contributed by atoms with E-state index in [9.17, 15) is 4.39 Å². The van der Waals surface area contributed by atoms with Crippen LogP contribution >= 0.6 is 11.8 Å². The third-order valence-corrected chi connectivity index (χ3v) is 4.02. The average molecular weight is 291 g/mol. The molecular weight excluding hydrogens is 273 g/mol. The van der Waals surface area contributed by atoms with Crippen molar-refractivity contribution in [3.05, 3.63) is 59.4 Å². The average Bonchev–Trinajstić information content (AvgIpc) is 2.48. The molecule has 2 rings (SSSR count). The standard InChI is InChI=1S/C16H18FNOS/c1-18-10-12-6-8-14(9-7-12)20-11-13-4-3-5-15(19-2)16(13)17/h3-9,18H,10-11H2,1-2H3. The minimum Gasteiger partial charge on any atom is -0.494 e. The first-order valence-electron chi connectivity index (χ1n) is 6.42. The molecule has 0 bridgehead atoms. The molecule has 0 amide bonds. The van der Waals surface area contributed by atoms with Crippen LogP contribution in [-0.4, -0.2) is 14.2 Å². The molecule has 0 fully saturated rings. The summed E-state index contributed by atoms with van der Waals surface area (Å²) in [5.41, 5.74) is 1.90. The van der Waals surface area contributed by atoms with E-state index in [1.54, 1.807) is 23.9 Å². The lowest BCUT2D eigenvalue weighted by molar-refractivity contribution is 0.385. The van der Waals surface area contributed by atoms with Gasteiger partial charge in [0, 0.05) is 22.8 Å². The summed E-state index contributed by atoms with van der Waals surface area (Å²) in [6.45, 7) is 0.857. The van der Waals surface area contributed by atoms with Crippen LogP contribution < -0.4 is 10.1 Å². The molecular formula is C16H18FNOS. The van der Waals surface area contributed by atoms with Crippen molar-refractivity contribution in [2.45, 2.75) is 17.2 Å². The molecule has 0 unspecified atom stereocenters. The van der Waals surface area contributed by atoms with E-state index in [0.717, 1.165) is 11.4 Å². The first-order chi connectivity index (χ1) is 9.74. The Labute approximate surface area is 123 Å². The fraction of sp³-hybridized carbons (Fsp3) is 0.250. The zero-order valence-corrected chi connectivity index (χ0v) is 12.5. The van der Waals surface area contributed by atoms with Gasteiger partial charge in [-0.2, -0.15) is 0 Å². The second-order valence-corrected chi connectivity index (χ2v) is 5.45. The van der Waals surface area contributed by atoms with Crippen molar-refractivity contribution in [3.63, 3.8) is 0 Å². The van der Waals surface area contributed by atoms with Crippen molar-refractivity contribution >= 4 is 11.8 Å². The maximum atomic E-state index is 14.0. The van der Waals surface area contributed by atoms with Crippen LogP contribution in [0.4, 0.5) is 4.39 Å². The minimum absolute atomic E-state index is 0.269. The van der Waals surface area contributed by atoms with Crippen LogP contribution in [0.5, 0.6) is 5.75 Å². The zero-order chi connectivity index (χ0) is 14.4. The van der Waals surface area contributed by atoms with Crippen LogP contribution in [-0.2, 0) is 12.3 Å². The predicted octanol–water partition coefficient (Wildman–Crippen LogP) is 3.85. The van der Waals surface area contributed by atoms with E-state index in [0.29, 0.717) is 17.1 Å². The van der Waals surface area contributed by atoms with Crippen molar-refractivity contribution in [1.29, 1.82) is 0 Å². The van der Waals surface area contributed by atoms with Crippen LogP contribution in [0.2, 0.25) is 0 Å². The van der Waals surface area contributed by atoms with Crippen LogP contribution in [0.15, 0.2) is 47.4 Å².